The van der Waals surface area contributed by atoms with Crippen LogP contribution in [0.25, 0.3) is 6.08 Å². The van der Waals surface area contributed by atoms with Gasteiger partial charge in [-0.1, -0.05) is 19.1 Å². The molecule has 0 unspecified atom stereocenters. The molecule has 2 heterocycles. The third-order valence-corrected chi connectivity index (χ3v) is 4.08. The number of hydrogen-bond donors (Lipinski definition) is 0. The summed E-state index contributed by atoms with van der Waals surface area (Å²) >= 11 is 0. The zero-order valence-corrected chi connectivity index (χ0v) is 15.2. The van der Waals surface area contributed by atoms with E-state index < -0.39 is 0 Å². The quantitative estimate of drug-likeness (QED) is 0.655. The van der Waals surface area contributed by atoms with Crippen LogP contribution in [0.4, 0.5) is 0 Å². The summed E-state index contributed by atoms with van der Waals surface area (Å²) in [6, 6.07) is 5.57. The molecule has 0 radical (unpaired) electrons. The van der Waals surface area contributed by atoms with Crippen LogP contribution in [0, 0.1) is 11.8 Å². The molecule has 0 spiro atoms. The second-order valence-corrected chi connectivity index (χ2v) is 6.89. The smallest absolute Gasteiger partial charge is 0.219 e. The molecule has 0 amide bonds. The molecule has 136 valence electrons. The van der Waals surface area contributed by atoms with Gasteiger partial charge in [-0.3, -0.25) is 4.98 Å². The SMILES string of the molecule is CC(=O)C[C@@H](C)/C=C/c1ccc(Oc2cncc(OCC3CC3)c2)nc1. The standard InChI is InChI=1S/C21H24N2O3/c1-15(9-16(2)24)3-4-17-7-8-21(23-11-17)26-20-10-19(12-22-13-20)25-14-18-5-6-18/h3-4,7-8,10-13,15,18H,5-6,9,14H2,1-2H3/b4-3+/t15-/m0/s1. The van der Waals surface area contributed by atoms with E-state index in [0.29, 0.717) is 29.7 Å². The van der Waals surface area contributed by atoms with Crippen LogP contribution in [-0.2, 0) is 4.79 Å². The second-order valence-electron chi connectivity index (χ2n) is 6.89. The summed E-state index contributed by atoms with van der Waals surface area (Å²) in [6.45, 7) is 4.37. The molecule has 1 fully saturated rings. The number of rotatable bonds is 9. The molecule has 0 aliphatic heterocycles. The topological polar surface area (TPSA) is 61.3 Å². The van der Waals surface area contributed by atoms with E-state index in [0.717, 1.165) is 12.2 Å². The lowest BCUT2D eigenvalue weighted by Crippen LogP contribution is -1.99. The molecule has 2 aromatic rings. The van der Waals surface area contributed by atoms with E-state index in [4.69, 9.17) is 9.47 Å². The molecule has 2 aromatic heterocycles. The minimum absolute atomic E-state index is 0.195. The van der Waals surface area contributed by atoms with Gasteiger partial charge in [-0.15, -0.1) is 0 Å². The molecule has 26 heavy (non-hydrogen) atoms. The van der Waals surface area contributed by atoms with E-state index in [1.165, 1.54) is 12.8 Å². The maximum Gasteiger partial charge on any atom is 0.219 e. The van der Waals surface area contributed by atoms with Crippen molar-refractivity contribution in [2.45, 2.75) is 33.1 Å². The monoisotopic (exact) mass is 352 g/mol. The largest absolute Gasteiger partial charge is 0.492 e. The van der Waals surface area contributed by atoms with Crippen molar-refractivity contribution in [2.75, 3.05) is 6.61 Å². The van der Waals surface area contributed by atoms with E-state index in [1.807, 2.05) is 37.3 Å². The molecule has 3 rings (SSSR count). The first kappa shape index (κ1) is 18.1. The molecular formula is C21H24N2O3. The van der Waals surface area contributed by atoms with Gasteiger partial charge in [0.15, 0.2) is 5.75 Å². The maximum absolute atomic E-state index is 11.1. The maximum atomic E-state index is 11.1. The predicted molar refractivity (Wildman–Crippen MR) is 100 cm³/mol. The van der Waals surface area contributed by atoms with Crippen molar-refractivity contribution in [2.24, 2.45) is 11.8 Å². The normalized spacial score (nSPS) is 15.0. The number of pyridine rings is 2. The molecule has 1 saturated carbocycles. The summed E-state index contributed by atoms with van der Waals surface area (Å²) in [4.78, 5) is 19.6. The Morgan fingerprint density at radius 2 is 2.08 bits per heavy atom. The molecule has 5 heteroatoms. The predicted octanol–water partition coefficient (Wildman–Crippen LogP) is 4.69. The molecule has 1 atom stereocenters. The van der Waals surface area contributed by atoms with Crippen LogP contribution in [-0.4, -0.2) is 22.4 Å². The van der Waals surface area contributed by atoms with Crippen LogP contribution in [0.15, 0.2) is 42.9 Å². The summed E-state index contributed by atoms with van der Waals surface area (Å²) in [5.41, 5.74) is 0.965. The third-order valence-electron chi connectivity index (χ3n) is 4.08. The van der Waals surface area contributed by atoms with E-state index in [-0.39, 0.29) is 11.7 Å². The zero-order valence-electron chi connectivity index (χ0n) is 15.2. The Labute approximate surface area is 154 Å². The Hall–Kier alpha value is -2.69. The summed E-state index contributed by atoms with van der Waals surface area (Å²) in [7, 11) is 0. The minimum Gasteiger partial charge on any atom is -0.492 e. The first-order valence-electron chi connectivity index (χ1n) is 8.98. The second kappa shape index (κ2) is 8.61. The lowest BCUT2D eigenvalue weighted by molar-refractivity contribution is -0.117. The van der Waals surface area contributed by atoms with Crippen molar-refractivity contribution in [3.63, 3.8) is 0 Å². The van der Waals surface area contributed by atoms with Gasteiger partial charge in [0.25, 0.3) is 0 Å². The number of nitrogens with zero attached hydrogens (tertiary/aromatic N) is 2. The van der Waals surface area contributed by atoms with Gasteiger partial charge in [0.1, 0.15) is 11.5 Å². The van der Waals surface area contributed by atoms with Crippen LogP contribution < -0.4 is 9.47 Å². The van der Waals surface area contributed by atoms with Crippen molar-refractivity contribution in [1.29, 1.82) is 0 Å². The minimum atomic E-state index is 0.195. The van der Waals surface area contributed by atoms with Crippen molar-refractivity contribution in [1.82, 2.24) is 9.97 Å². The number of aromatic nitrogens is 2. The number of ether oxygens (including phenoxy) is 2. The van der Waals surface area contributed by atoms with Crippen molar-refractivity contribution >= 4 is 11.9 Å². The van der Waals surface area contributed by atoms with Crippen LogP contribution in [0.1, 0.15) is 38.7 Å². The Morgan fingerprint density at radius 1 is 1.27 bits per heavy atom. The Bertz CT molecular complexity index is 767. The first-order chi connectivity index (χ1) is 12.6. The fraction of sp³-hybridized carbons (Fsp3) is 0.381. The van der Waals surface area contributed by atoms with Gasteiger partial charge in [-0.2, -0.15) is 0 Å². The summed E-state index contributed by atoms with van der Waals surface area (Å²) in [6.07, 6.45) is 12.1. The average Bonchev–Trinajstić information content (AvgIpc) is 3.44. The van der Waals surface area contributed by atoms with E-state index in [2.05, 4.69) is 9.97 Å². The van der Waals surface area contributed by atoms with Crippen LogP contribution in [0.2, 0.25) is 0 Å². The highest BCUT2D eigenvalue weighted by atomic mass is 16.5. The van der Waals surface area contributed by atoms with Gasteiger partial charge in [-0.05, 0) is 43.2 Å². The highest BCUT2D eigenvalue weighted by Gasteiger charge is 2.22. The molecule has 5 nitrogen and oxygen atoms in total. The fourth-order valence-electron chi connectivity index (χ4n) is 2.50. The van der Waals surface area contributed by atoms with Gasteiger partial charge >= 0.3 is 0 Å². The molecule has 0 saturated heterocycles. The number of hydrogen-bond acceptors (Lipinski definition) is 5. The van der Waals surface area contributed by atoms with Crippen LogP contribution in [0.3, 0.4) is 0 Å². The number of carbonyl (C=O) groups is 1. The summed E-state index contributed by atoms with van der Waals surface area (Å²) in [5.74, 6) is 2.92. The number of Topliss-reactive ketones (excluding diaryl/α,β-unsaturated/α-hetero) is 1. The van der Waals surface area contributed by atoms with Crippen LogP contribution in [0.5, 0.6) is 17.4 Å². The fourth-order valence-corrected chi connectivity index (χ4v) is 2.50. The van der Waals surface area contributed by atoms with Crippen LogP contribution >= 0.6 is 0 Å². The van der Waals surface area contributed by atoms with Gasteiger partial charge in [0, 0.05) is 24.8 Å². The van der Waals surface area contributed by atoms with Gasteiger partial charge in [0.05, 0.1) is 19.0 Å². The molecular weight excluding hydrogens is 328 g/mol. The van der Waals surface area contributed by atoms with Gasteiger partial charge in [0.2, 0.25) is 5.88 Å². The summed E-state index contributed by atoms with van der Waals surface area (Å²) in [5, 5.41) is 0. The lowest BCUT2D eigenvalue weighted by Gasteiger charge is -2.08. The van der Waals surface area contributed by atoms with Crippen molar-refractivity contribution in [3.8, 4) is 17.4 Å². The molecule has 0 aromatic carbocycles. The highest BCUT2D eigenvalue weighted by Crippen LogP contribution is 2.30. The van der Waals surface area contributed by atoms with Crippen molar-refractivity contribution in [3.05, 3.63) is 48.4 Å². The first-order valence-corrected chi connectivity index (χ1v) is 8.98. The number of ketones is 1. The van der Waals surface area contributed by atoms with Crippen molar-refractivity contribution < 1.29 is 14.3 Å². The Balaban J connectivity index is 1.56. The average molecular weight is 352 g/mol. The lowest BCUT2D eigenvalue weighted by atomic mass is 10.0. The Morgan fingerprint density at radius 3 is 2.77 bits per heavy atom. The molecule has 1 aliphatic rings. The molecule has 0 N–H and O–H groups in total. The molecule has 0 bridgehead atoms. The molecule has 1 aliphatic carbocycles. The number of allylic oxidation sites excluding steroid dienone is 1. The van der Waals surface area contributed by atoms with E-state index >= 15 is 0 Å². The van der Waals surface area contributed by atoms with Gasteiger partial charge in [-0.25, -0.2) is 4.98 Å². The Kier molecular flexibility index (Phi) is 6.00. The van der Waals surface area contributed by atoms with Gasteiger partial charge < -0.3 is 14.3 Å². The summed E-state index contributed by atoms with van der Waals surface area (Å²) < 4.78 is 11.5. The zero-order chi connectivity index (χ0) is 18.4. The third kappa shape index (κ3) is 5.99. The number of carbonyl (C=O) groups excluding carboxylic acids is 1. The highest BCUT2D eigenvalue weighted by molar-refractivity contribution is 5.76. The van der Waals surface area contributed by atoms with E-state index in [1.54, 1.807) is 25.5 Å². The van der Waals surface area contributed by atoms with E-state index in [9.17, 15) is 4.79 Å².